The summed E-state index contributed by atoms with van der Waals surface area (Å²) in [4.78, 5) is 37.4. The third-order valence-corrected chi connectivity index (χ3v) is 8.12. The highest BCUT2D eigenvalue weighted by molar-refractivity contribution is 7.59. The van der Waals surface area contributed by atoms with Crippen LogP contribution >= 0.6 is 13.5 Å². The maximum atomic E-state index is 12.8. The lowest BCUT2D eigenvalue weighted by molar-refractivity contribution is -0.142. The summed E-state index contributed by atoms with van der Waals surface area (Å²) in [6.07, 6.45) is 7.95. The Labute approximate surface area is 252 Å². The summed E-state index contributed by atoms with van der Waals surface area (Å²) in [5, 5.41) is 16.8. The maximum Gasteiger partial charge on any atom is 0.251 e. The van der Waals surface area contributed by atoms with E-state index < -0.39 is 6.10 Å². The minimum absolute atomic E-state index is 0. The average Bonchev–Trinajstić information content (AvgIpc) is 3.45. The molecule has 1 aromatic carbocycles. The highest BCUT2D eigenvalue weighted by atomic mass is 32.1. The van der Waals surface area contributed by atoms with Gasteiger partial charge in [-0.15, -0.1) is 0 Å². The number of amides is 2. The number of aliphatic hydroxyl groups excluding tert-OH is 1. The Hall–Kier alpha value is -3.61. The van der Waals surface area contributed by atoms with Crippen molar-refractivity contribution in [1.82, 2.24) is 25.1 Å². The molecule has 3 N–H and O–H groups in total. The number of anilines is 1. The molecule has 224 valence electrons. The number of hydrogen-bond acceptors (Lipinski definition) is 9. The molecule has 0 unspecified atom stereocenters. The zero-order chi connectivity index (χ0) is 28.2. The zero-order valence-corrected chi connectivity index (χ0v) is 24.5. The van der Waals surface area contributed by atoms with Crippen LogP contribution in [0.1, 0.15) is 46.5 Å². The van der Waals surface area contributed by atoms with E-state index in [1.54, 1.807) is 24.5 Å². The van der Waals surface area contributed by atoms with Gasteiger partial charge in [0.05, 0.1) is 18.3 Å². The Morgan fingerprint density at radius 3 is 2.79 bits per heavy atom. The average molecular weight is 595 g/mol. The van der Waals surface area contributed by atoms with Crippen molar-refractivity contribution in [1.29, 1.82) is 0 Å². The molecule has 11 nitrogen and oxygen atoms in total. The first-order valence-electron chi connectivity index (χ1n) is 14.3. The summed E-state index contributed by atoms with van der Waals surface area (Å²) >= 11 is 0. The van der Waals surface area contributed by atoms with E-state index in [-0.39, 0.29) is 43.8 Å². The summed E-state index contributed by atoms with van der Waals surface area (Å²) in [6.45, 7) is 3.83. The summed E-state index contributed by atoms with van der Waals surface area (Å²) in [5.74, 6) is 2.30. The molecule has 0 radical (unpaired) electrons. The van der Waals surface area contributed by atoms with E-state index in [1.807, 2.05) is 11.0 Å². The molecule has 2 fully saturated rings. The number of rotatable bonds is 11. The first kappa shape index (κ1) is 29.9. The van der Waals surface area contributed by atoms with Crippen LogP contribution in [0.15, 0.2) is 53.5 Å². The number of aliphatic hydroxyl groups is 1. The number of likely N-dealkylation sites (tertiary alicyclic amines) is 1. The second-order valence-electron chi connectivity index (χ2n) is 11.2. The number of carbonyl (C=O) groups is 2. The molecule has 1 saturated carbocycles. The largest absolute Gasteiger partial charge is 0.486 e. The third-order valence-electron chi connectivity index (χ3n) is 8.12. The van der Waals surface area contributed by atoms with Crippen molar-refractivity contribution in [3.63, 3.8) is 0 Å². The van der Waals surface area contributed by atoms with Crippen molar-refractivity contribution in [3.05, 3.63) is 71.6 Å². The van der Waals surface area contributed by atoms with Gasteiger partial charge in [-0.3, -0.25) is 14.5 Å². The number of aromatic nitrogens is 2. The normalized spacial score (nSPS) is 17.7. The van der Waals surface area contributed by atoms with Crippen molar-refractivity contribution in [2.24, 2.45) is 5.92 Å². The van der Waals surface area contributed by atoms with Crippen molar-refractivity contribution in [3.8, 4) is 5.75 Å². The summed E-state index contributed by atoms with van der Waals surface area (Å²) in [7, 11) is 0. The number of benzene rings is 1. The number of oxazole rings is 1. The van der Waals surface area contributed by atoms with E-state index in [2.05, 4.69) is 37.6 Å². The molecule has 42 heavy (non-hydrogen) atoms. The maximum absolute atomic E-state index is 12.8. The molecule has 2 aromatic heterocycles. The fraction of sp³-hybridized carbons (Fsp3) is 0.467. The number of nitrogens with zero attached hydrogens (tertiary/aromatic N) is 4. The topological polar surface area (TPSA) is 133 Å². The molecule has 3 aliphatic rings. The molecule has 1 saturated heterocycles. The number of β-amino-alcohol motifs (C(OH)–C–C–N with tert-alkyl or cyclic N) is 1. The van der Waals surface area contributed by atoms with Crippen LogP contribution in [0, 0.1) is 5.92 Å². The highest BCUT2D eigenvalue weighted by Gasteiger charge is 2.36. The monoisotopic (exact) mass is 594 g/mol. The Bertz CT molecular complexity index is 1360. The summed E-state index contributed by atoms with van der Waals surface area (Å²) in [6, 6.07) is 9.58. The second-order valence-corrected chi connectivity index (χ2v) is 11.2. The first-order valence-corrected chi connectivity index (χ1v) is 14.3. The lowest BCUT2D eigenvalue weighted by atomic mass is 9.83. The number of ether oxygens (including phenoxy) is 1. The summed E-state index contributed by atoms with van der Waals surface area (Å²) in [5.41, 5.74) is 2.92. The highest BCUT2D eigenvalue weighted by Crippen LogP contribution is 2.30. The molecule has 1 atom stereocenters. The van der Waals surface area contributed by atoms with Gasteiger partial charge in [0.2, 0.25) is 5.91 Å². The molecule has 2 aliphatic heterocycles. The number of pyridine rings is 1. The predicted octanol–water partition coefficient (Wildman–Crippen LogP) is 2.33. The number of carbonyl (C=O) groups excluding carboxylic acids is 2. The van der Waals surface area contributed by atoms with Gasteiger partial charge in [0, 0.05) is 56.9 Å². The molecular formula is C30H38N6O5S. The fourth-order valence-electron chi connectivity index (χ4n) is 5.50. The van der Waals surface area contributed by atoms with E-state index >= 15 is 0 Å². The molecule has 1 aliphatic carbocycles. The van der Waals surface area contributed by atoms with Gasteiger partial charge in [-0.05, 0) is 54.7 Å². The zero-order valence-electron chi connectivity index (χ0n) is 23.5. The molecule has 3 aromatic rings. The lowest BCUT2D eigenvalue weighted by Gasteiger charge is -2.43. The van der Waals surface area contributed by atoms with E-state index in [1.165, 1.54) is 17.5 Å². The smallest absolute Gasteiger partial charge is 0.251 e. The lowest BCUT2D eigenvalue weighted by Crippen LogP contribution is -2.59. The van der Waals surface area contributed by atoms with E-state index in [4.69, 9.17) is 9.15 Å². The van der Waals surface area contributed by atoms with Crippen LogP contribution in [-0.2, 0) is 24.4 Å². The van der Waals surface area contributed by atoms with Gasteiger partial charge in [0.25, 0.3) is 5.91 Å². The SMILES string of the molecule is O=C(NC[C@H](O)CN1CCc2cc(OCc3cnco3)ccc2C1)c1ccnc(NC2CN(C(=O)C3CCC3)C2)c1.S. The number of fused-ring (bicyclic) bond motifs is 1. The van der Waals surface area contributed by atoms with Crippen molar-refractivity contribution >= 4 is 31.1 Å². The van der Waals surface area contributed by atoms with Crippen molar-refractivity contribution in [2.45, 2.75) is 51.0 Å². The van der Waals surface area contributed by atoms with Crippen LogP contribution in [0.25, 0.3) is 0 Å². The van der Waals surface area contributed by atoms with Gasteiger partial charge in [0.15, 0.2) is 12.2 Å². The number of nitrogens with one attached hydrogen (secondary N) is 2. The standard InChI is InChI=1S/C30H36N6O5.H2S/c37-25(17-35-9-7-21-10-26(5-4-23(21)14-35)40-18-27-13-31-19-41-27)12-33-29(38)22-6-8-32-28(11-22)34-24-15-36(16-24)30(39)20-2-1-3-20;/h4-6,8,10-11,13,19-20,24-25,37H,1-3,7,9,12,14-18H2,(H,32,34)(H,33,38);1H2/t25-;/m0./s1. The van der Waals surface area contributed by atoms with Crippen LogP contribution in [0.4, 0.5) is 5.82 Å². The van der Waals surface area contributed by atoms with Gasteiger partial charge in [0.1, 0.15) is 18.2 Å². The van der Waals surface area contributed by atoms with Gasteiger partial charge >= 0.3 is 0 Å². The molecule has 2 amide bonds. The third kappa shape index (κ3) is 7.23. The molecule has 4 heterocycles. The minimum atomic E-state index is -0.696. The Balaban J connectivity index is 0.00000353. The van der Waals surface area contributed by atoms with Gasteiger partial charge < -0.3 is 29.8 Å². The second kappa shape index (κ2) is 13.6. The molecule has 0 bridgehead atoms. The van der Waals surface area contributed by atoms with Crippen LogP contribution in [0.2, 0.25) is 0 Å². The van der Waals surface area contributed by atoms with E-state index in [0.717, 1.165) is 44.5 Å². The quantitative estimate of drug-likeness (QED) is 0.306. The molecular weight excluding hydrogens is 556 g/mol. The Morgan fingerprint density at radius 1 is 1.17 bits per heavy atom. The molecule has 12 heteroatoms. The Morgan fingerprint density at radius 2 is 2.02 bits per heavy atom. The summed E-state index contributed by atoms with van der Waals surface area (Å²) < 4.78 is 11.0. The number of hydrogen-bond donors (Lipinski definition) is 3. The van der Waals surface area contributed by atoms with Gasteiger partial charge in [-0.25, -0.2) is 9.97 Å². The predicted molar refractivity (Wildman–Crippen MR) is 161 cm³/mol. The van der Waals surface area contributed by atoms with E-state index in [9.17, 15) is 14.7 Å². The van der Waals surface area contributed by atoms with Gasteiger partial charge in [-0.2, -0.15) is 13.5 Å². The van der Waals surface area contributed by atoms with Crippen molar-refractivity contribution in [2.75, 3.05) is 38.0 Å². The van der Waals surface area contributed by atoms with Crippen LogP contribution in [0.5, 0.6) is 5.75 Å². The van der Waals surface area contributed by atoms with Crippen LogP contribution in [0.3, 0.4) is 0 Å². The minimum Gasteiger partial charge on any atom is -0.486 e. The fourth-order valence-corrected chi connectivity index (χ4v) is 5.50. The van der Waals surface area contributed by atoms with Crippen molar-refractivity contribution < 1.29 is 23.8 Å². The van der Waals surface area contributed by atoms with E-state index in [0.29, 0.717) is 43.4 Å². The molecule has 6 rings (SSSR count). The van der Waals surface area contributed by atoms with Gasteiger partial charge in [-0.1, -0.05) is 12.5 Å². The first-order chi connectivity index (χ1) is 20.0. The van der Waals surface area contributed by atoms with Crippen LogP contribution < -0.4 is 15.4 Å². The van der Waals surface area contributed by atoms with Crippen LogP contribution in [-0.4, -0.2) is 81.6 Å². The molecule has 0 spiro atoms. The Kier molecular flexibility index (Phi) is 9.65.